The van der Waals surface area contributed by atoms with Crippen LogP contribution in [-0.2, 0) is 4.79 Å². The number of nitrogens with one attached hydrogen (secondary N) is 2. The number of amides is 2. The van der Waals surface area contributed by atoms with Gasteiger partial charge < -0.3 is 10.6 Å². The van der Waals surface area contributed by atoms with Gasteiger partial charge in [-0.15, -0.1) is 11.3 Å². The highest BCUT2D eigenvalue weighted by Gasteiger charge is 2.17. The van der Waals surface area contributed by atoms with Crippen LogP contribution in [0.15, 0.2) is 41.8 Å². The van der Waals surface area contributed by atoms with Gasteiger partial charge in [-0.1, -0.05) is 23.8 Å². The summed E-state index contributed by atoms with van der Waals surface area (Å²) >= 11 is 1.35. The lowest BCUT2D eigenvalue weighted by atomic mass is 10.2. The van der Waals surface area contributed by atoms with Crippen molar-refractivity contribution >= 4 is 28.8 Å². The molecule has 20 heavy (non-hydrogen) atoms. The molecule has 104 valence electrons. The topological polar surface area (TPSA) is 58.2 Å². The molecule has 4 nitrogen and oxygen atoms in total. The summed E-state index contributed by atoms with van der Waals surface area (Å²) in [5.74, 6) is -0.467. The van der Waals surface area contributed by atoms with E-state index in [-0.39, 0.29) is 11.8 Å². The number of anilines is 1. The first-order chi connectivity index (χ1) is 9.56. The number of carbonyl (C=O) groups excluding carboxylic acids is 2. The van der Waals surface area contributed by atoms with Crippen LogP contribution in [0.25, 0.3) is 0 Å². The van der Waals surface area contributed by atoms with Crippen molar-refractivity contribution in [1.82, 2.24) is 5.32 Å². The van der Waals surface area contributed by atoms with E-state index in [1.54, 1.807) is 19.1 Å². The van der Waals surface area contributed by atoms with Gasteiger partial charge in [-0.05, 0) is 37.4 Å². The van der Waals surface area contributed by atoms with E-state index in [2.05, 4.69) is 10.6 Å². The van der Waals surface area contributed by atoms with Crippen LogP contribution in [0.1, 0.15) is 22.2 Å². The average molecular weight is 288 g/mol. The van der Waals surface area contributed by atoms with Crippen molar-refractivity contribution < 1.29 is 9.59 Å². The molecule has 1 heterocycles. The molecule has 0 aliphatic heterocycles. The number of carbonyl (C=O) groups is 2. The average Bonchev–Trinajstić information content (AvgIpc) is 2.95. The number of hydrogen-bond acceptors (Lipinski definition) is 3. The second-order valence-corrected chi connectivity index (χ2v) is 5.48. The lowest BCUT2D eigenvalue weighted by molar-refractivity contribution is -0.117. The van der Waals surface area contributed by atoms with Gasteiger partial charge >= 0.3 is 0 Å². The predicted octanol–water partition coefficient (Wildman–Crippen LogP) is 2.81. The fourth-order valence-corrected chi connectivity index (χ4v) is 2.26. The third-order valence-corrected chi connectivity index (χ3v) is 3.67. The monoisotopic (exact) mass is 288 g/mol. The molecule has 0 fully saturated rings. The van der Waals surface area contributed by atoms with Crippen LogP contribution in [0.4, 0.5) is 5.69 Å². The Balaban J connectivity index is 1.92. The van der Waals surface area contributed by atoms with E-state index >= 15 is 0 Å². The molecule has 0 radical (unpaired) electrons. The fraction of sp³-hybridized carbons (Fsp3) is 0.200. The molecular formula is C15H16N2O2S. The maximum absolute atomic E-state index is 12.0. The minimum absolute atomic E-state index is 0.230. The third kappa shape index (κ3) is 3.68. The Morgan fingerprint density at radius 1 is 1.15 bits per heavy atom. The number of aryl methyl sites for hydroxylation is 1. The normalized spacial score (nSPS) is 11.7. The van der Waals surface area contributed by atoms with Crippen LogP contribution in [0.5, 0.6) is 0 Å². The second-order valence-electron chi connectivity index (χ2n) is 4.53. The SMILES string of the molecule is Cc1ccc(NC(=O)[C@@H](C)NC(=O)c2cccs2)cc1. The second kappa shape index (κ2) is 6.34. The highest BCUT2D eigenvalue weighted by Crippen LogP contribution is 2.10. The minimum atomic E-state index is -0.592. The molecule has 2 N–H and O–H groups in total. The summed E-state index contributed by atoms with van der Waals surface area (Å²) in [6.07, 6.45) is 0. The van der Waals surface area contributed by atoms with Gasteiger partial charge in [0.1, 0.15) is 6.04 Å². The van der Waals surface area contributed by atoms with Gasteiger partial charge in [-0.2, -0.15) is 0 Å². The molecule has 0 bridgehead atoms. The number of hydrogen-bond donors (Lipinski definition) is 2. The summed E-state index contributed by atoms with van der Waals surface area (Å²) in [6, 6.07) is 10.4. The smallest absolute Gasteiger partial charge is 0.261 e. The Labute approximate surface area is 121 Å². The Kier molecular flexibility index (Phi) is 4.53. The zero-order chi connectivity index (χ0) is 14.5. The van der Waals surface area contributed by atoms with Gasteiger partial charge in [-0.25, -0.2) is 0 Å². The molecule has 2 rings (SSSR count). The molecule has 2 aromatic rings. The molecule has 0 spiro atoms. The van der Waals surface area contributed by atoms with Crippen molar-refractivity contribution in [3.63, 3.8) is 0 Å². The predicted molar refractivity (Wildman–Crippen MR) is 81.1 cm³/mol. The zero-order valence-electron chi connectivity index (χ0n) is 11.3. The van der Waals surface area contributed by atoms with Crippen LogP contribution >= 0.6 is 11.3 Å². The van der Waals surface area contributed by atoms with Crippen LogP contribution in [0, 0.1) is 6.92 Å². The Bertz CT molecular complexity index is 591. The zero-order valence-corrected chi connectivity index (χ0v) is 12.2. The molecule has 5 heteroatoms. The van der Waals surface area contributed by atoms with Crippen LogP contribution in [0.3, 0.4) is 0 Å². The van der Waals surface area contributed by atoms with E-state index in [4.69, 9.17) is 0 Å². The largest absolute Gasteiger partial charge is 0.340 e. The van der Waals surface area contributed by atoms with Crippen LogP contribution < -0.4 is 10.6 Å². The molecule has 1 aromatic heterocycles. The highest BCUT2D eigenvalue weighted by atomic mass is 32.1. The van der Waals surface area contributed by atoms with Gasteiger partial charge in [0.15, 0.2) is 0 Å². The van der Waals surface area contributed by atoms with Crippen molar-refractivity contribution in [1.29, 1.82) is 0 Å². The van der Waals surface area contributed by atoms with Gasteiger partial charge in [0.2, 0.25) is 5.91 Å². The van der Waals surface area contributed by atoms with Gasteiger partial charge in [0.05, 0.1) is 4.88 Å². The van der Waals surface area contributed by atoms with Gasteiger partial charge in [0.25, 0.3) is 5.91 Å². The molecule has 0 unspecified atom stereocenters. The van der Waals surface area contributed by atoms with E-state index in [0.717, 1.165) is 11.3 Å². The summed E-state index contributed by atoms with van der Waals surface area (Å²) < 4.78 is 0. The molecule has 0 aliphatic carbocycles. The van der Waals surface area contributed by atoms with Crippen LogP contribution in [0.2, 0.25) is 0 Å². The van der Waals surface area contributed by atoms with E-state index in [1.807, 2.05) is 36.6 Å². The Morgan fingerprint density at radius 3 is 2.45 bits per heavy atom. The van der Waals surface area contributed by atoms with Gasteiger partial charge in [0, 0.05) is 5.69 Å². The van der Waals surface area contributed by atoms with Crippen molar-refractivity contribution in [3.05, 3.63) is 52.2 Å². The van der Waals surface area contributed by atoms with E-state index in [0.29, 0.717) is 4.88 Å². The summed E-state index contributed by atoms with van der Waals surface area (Å²) in [6.45, 7) is 3.64. The number of benzene rings is 1. The number of rotatable bonds is 4. The third-order valence-electron chi connectivity index (χ3n) is 2.80. The van der Waals surface area contributed by atoms with Crippen molar-refractivity contribution in [3.8, 4) is 0 Å². The maximum atomic E-state index is 12.0. The van der Waals surface area contributed by atoms with Crippen molar-refractivity contribution in [2.24, 2.45) is 0 Å². The lowest BCUT2D eigenvalue weighted by Crippen LogP contribution is -2.41. The quantitative estimate of drug-likeness (QED) is 0.909. The highest BCUT2D eigenvalue weighted by molar-refractivity contribution is 7.12. The molecular weight excluding hydrogens is 272 g/mol. The molecule has 0 aliphatic rings. The molecule has 0 saturated heterocycles. The summed E-state index contributed by atoms with van der Waals surface area (Å²) in [4.78, 5) is 24.4. The van der Waals surface area contributed by atoms with Gasteiger partial charge in [-0.3, -0.25) is 9.59 Å². The van der Waals surface area contributed by atoms with Crippen molar-refractivity contribution in [2.75, 3.05) is 5.32 Å². The maximum Gasteiger partial charge on any atom is 0.261 e. The summed E-state index contributed by atoms with van der Waals surface area (Å²) in [7, 11) is 0. The van der Waals surface area contributed by atoms with Crippen LogP contribution in [-0.4, -0.2) is 17.9 Å². The fourth-order valence-electron chi connectivity index (χ4n) is 1.63. The molecule has 2 amide bonds. The number of thiophene rings is 1. The molecule has 0 saturated carbocycles. The minimum Gasteiger partial charge on any atom is -0.340 e. The van der Waals surface area contributed by atoms with E-state index < -0.39 is 6.04 Å². The van der Waals surface area contributed by atoms with E-state index in [1.165, 1.54) is 11.3 Å². The molecule has 1 aromatic carbocycles. The van der Waals surface area contributed by atoms with Crippen molar-refractivity contribution in [2.45, 2.75) is 19.9 Å². The Morgan fingerprint density at radius 2 is 1.85 bits per heavy atom. The first kappa shape index (κ1) is 14.3. The van der Waals surface area contributed by atoms with E-state index in [9.17, 15) is 9.59 Å². The first-order valence-electron chi connectivity index (χ1n) is 6.28. The molecule has 1 atom stereocenters. The first-order valence-corrected chi connectivity index (χ1v) is 7.16. The summed E-state index contributed by atoms with van der Waals surface area (Å²) in [5, 5.41) is 7.27. The Hall–Kier alpha value is -2.14. The lowest BCUT2D eigenvalue weighted by Gasteiger charge is -2.13. The summed E-state index contributed by atoms with van der Waals surface area (Å²) in [5.41, 5.74) is 1.85. The standard InChI is InChI=1S/C15H16N2O2S/c1-10-5-7-12(8-6-10)17-14(18)11(2)16-15(19)13-4-3-9-20-13/h3-9,11H,1-2H3,(H,16,19)(H,17,18)/t11-/m1/s1.